The minimum Gasteiger partial charge on any atom is -0.341 e. The smallest absolute Gasteiger partial charge is 0.253 e. The predicted molar refractivity (Wildman–Crippen MR) is 101 cm³/mol. The van der Waals surface area contributed by atoms with Gasteiger partial charge in [0.15, 0.2) is 0 Å². The zero-order valence-corrected chi connectivity index (χ0v) is 15.8. The average molecular weight is 386 g/mol. The van der Waals surface area contributed by atoms with Crippen LogP contribution in [0.5, 0.6) is 0 Å². The lowest BCUT2D eigenvalue weighted by Crippen LogP contribution is -2.39. The van der Waals surface area contributed by atoms with Gasteiger partial charge in [-0.2, -0.15) is 0 Å². The maximum atomic E-state index is 12.6. The molecule has 1 saturated heterocycles. The van der Waals surface area contributed by atoms with E-state index in [0.29, 0.717) is 36.8 Å². The Kier molecular flexibility index (Phi) is 7.11. The van der Waals surface area contributed by atoms with Crippen molar-refractivity contribution in [3.05, 3.63) is 34.9 Å². The summed E-state index contributed by atoms with van der Waals surface area (Å²) >= 11 is 5.98. The normalized spacial score (nSPS) is 23.8. The predicted octanol–water partition coefficient (Wildman–Crippen LogP) is 2.56. The topological polar surface area (TPSA) is 66.6 Å². The summed E-state index contributed by atoms with van der Waals surface area (Å²) in [6.45, 7) is 2.54. The molecule has 2 unspecified atom stereocenters. The van der Waals surface area contributed by atoms with Crippen LogP contribution in [0, 0.1) is 5.92 Å². The van der Waals surface area contributed by atoms with E-state index in [4.69, 9.17) is 17.3 Å². The molecule has 1 heterocycles. The zero-order valence-electron chi connectivity index (χ0n) is 14.2. The first-order valence-electron chi connectivity index (χ1n) is 8.64. The molecule has 2 N–H and O–H groups in total. The lowest BCUT2D eigenvalue weighted by Gasteiger charge is -2.24. The van der Waals surface area contributed by atoms with Gasteiger partial charge in [0.1, 0.15) is 0 Å². The number of carbonyl (C=O) groups is 2. The number of benzene rings is 1. The molecular formula is C18H25Cl2N3O2. The molecule has 3 rings (SSSR count). The fourth-order valence-corrected chi connectivity index (χ4v) is 3.83. The molecule has 2 fully saturated rings. The summed E-state index contributed by atoms with van der Waals surface area (Å²) < 4.78 is 0. The van der Waals surface area contributed by atoms with Gasteiger partial charge in [-0.15, -0.1) is 12.4 Å². The molecule has 25 heavy (non-hydrogen) atoms. The van der Waals surface area contributed by atoms with Crippen molar-refractivity contribution in [2.45, 2.75) is 31.7 Å². The second kappa shape index (κ2) is 8.88. The summed E-state index contributed by atoms with van der Waals surface area (Å²) in [5.41, 5.74) is 6.53. The Morgan fingerprint density at radius 1 is 1.08 bits per heavy atom. The highest BCUT2D eigenvalue weighted by Gasteiger charge is 2.32. The first-order valence-corrected chi connectivity index (χ1v) is 9.01. The van der Waals surface area contributed by atoms with Crippen molar-refractivity contribution in [3.63, 3.8) is 0 Å². The molecule has 0 spiro atoms. The van der Waals surface area contributed by atoms with Crippen LogP contribution in [0.4, 0.5) is 0 Å². The van der Waals surface area contributed by atoms with Crippen LogP contribution in [0.1, 0.15) is 36.0 Å². The highest BCUT2D eigenvalue weighted by atomic mass is 35.5. The molecule has 1 saturated carbocycles. The number of carbonyl (C=O) groups excluding carboxylic acids is 2. The fraction of sp³-hybridized carbons (Fsp3) is 0.556. The minimum atomic E-state index is -0.0188. The van der Waals surface area contributed by atoms with Crippen molar-refractivity contribution in [2.24, 2.45) is 11.7 Å². The van der Waals surface area contributed by atoms with Gasteiger partial charge in [-0.05, 0) is 43.9 Å². The largest absolute Gasteiger partial charge is 0.341 e. The number of hydrogen-bond acceptors (Lipinski definition) is 3. The van der Waals surface area contributed by atoms with E-state index >= 15 is 0 Å². The van der Waals surface area contributed by atoms with Crippen LogP contribution >= 0.6 is 24.0 Å². The van der Waals surface area contributed by atoms with Gasteiger partial charge in [-0.1, -0.05) is 17.7 Å². The third kappa shape index (κ3) is 4.87. The van der Waals surface area contributed by atoms with Gasteiger partial charge in [-0.25, -0.2) is 0 Å². The molecule has 2 amide bonds. The van der Waals surface area contributed by atoms with Crippen molar-refractivity contribution in [3.8, 4) is 0 Å². The summed E-state index contributed by atoms with van der Waals surface area (Å²) in [6.07, 6.45) is 3.42. The molecule has 0 aromatic heterocycles. The van der Waals surface area contributed by atoms with Crippen LogP contribution in [-0.2, 0) is 4.79 Å². The summed E-state index contributed by atoms with van der Waals surface area (Å²) in [5.74, 6) is 0.255. The minimum absolute atomic E-state index is 0. The van der Waals surface area contributed by atoms with Crippen LogP contribution < -0.4 is 5.73 Å². The van der Waals surface area contributed by atoms with E-state index in [1.807, 2.05) is 9.80 Å². The number of nitrogens with two attached hydrogens (primary N) is 1. The molecule has 2 aliphatic rings. The van der Waals surface area contributed by atoms with Crippen LogP contribution in [0.25, 0.3) is 0 Å². The monoisotopic (exact) mass is 385 g/mol. The van der Waals surface area contributed by atoms with Crippen molar-refractivity contribution in [1.29, 1.82) is 0 Å². The van der Waals surface area contributed by atoms with Gasteiger partial charge in [0.2, 0.25) is 5.91 Å². The summed E-state index contributed by atoms with van der Waals surface area (Å²) in [4.78, 5) is 29.0. The number of rotatable bonds is 2. The molecule has 1 aromatic carbocycles. The van der Waals surface area contributed by atoms with Crippen LogP contribution in [0.2, 0.25) is 5.02 Å². The van der Waals surface area contributed by atoms with Crippen molar-refractivity contribution < 1.29 is 9.59 Å². The lowest BCUT2D eigenvalue weighted by atomic mass is 10.1. The van der Waals surface area contributed by atoms with Gasteiger partial charge in [0, 0.05) is 48.7 Å². The number of nitrogens with zero attached hydrogens (tertiary/aromatic N) is 2. The first-order chi connectivity index (χ1) is 11.5. The zero-order chi connectivity index (χ0) is 17.1. The molecule has 1 aliphatic heterocycles. The maximum absolute atomic E-state index is 12.6. The number of hydrogen-bond donors (Lipinski definition) is 1. The SMILES string of the molecule is Cl.NC1CCC(C(=O)N2CCCN(C(=O)c3cccc(Cl)c3)CC2)C1. The van der Waals surface area contributed by atoms with Crippen LogP contribution in [0.15, 0.2) is 24.3 Å². The summed E-state index contributed by atoms with van der Waals surface area (Å²) in [6, 6.07) is 7.17. The standard InChI is InChI=1S/C18H24ClN3O2.ClH/c19-15-4-1-3-13(11-15)17(23)21-7-2-8-22(10-9-21)18(24)14-5-6-16(20)12-14;/h1,3-4,11,14,16H,2,5-10,12,20H2;1H. The first kappa shape index (κ1) is 20.0. The van der Waals surface area contributed by atoms with Crippen LogP contribution in [0.3, 0.4) is 0 Å². The van der Waals surface area contributed by atoms with Gasteiger partial charge in [0.05, 0.1) is 0 Å². The summed E-state index contributed by atoms with van der Waals surface area (Å²) in [7, 11) is 0. The third-order valence-corrected chi connectivity index (χ3v) is 5.22. The van der Waals surface area contributed by atoms with E-state index in [9.17, 15) is 9.59 Å². The van der Waals surface area contributed by atoms with E-state index in [2.05, 4.69) is 0 Å². The van der Waals surface area contributed by atoms with Gasteiger partial charge in [0.25, 0.3) is 5.91 Å². The van der Waals surface area contributed by atoms with Gasteiger partial charge < -0.3 is 15.5 Å². The fourth-order valence-electron chi connectivity index (χ4n) is 3.64. The second-order valence-electron chi connectivity index (χ2n) is 6.75. The Bertz CT molecular complexity index is 626. The van der Waals surface area contributed by atoms with E-state index in [1.54, 1.807) is 24.3 Å². The lowest BCUT2D eigenvalue weighted by molar-refractivity contribution is -0.135. The molecule has 0 bridgehead atoms. The Balaban J connectivity index is 0.00000225. The van der Waals surface area contributed by atoms with Crippen molar-refractivity contribution in [1.82, 2.24) is 9.80 Å². The third-order valence-electron chi connectivity index (χ3n) is 4.99. The highest BCUT2D eigenvalue weighted by Crippen LogP contribution is 2.26. The van der Waals surface area contributed by atoms with E-state index in [-0.39, 0.29) is 36.2 Å². The molecule has 2 atom stereocenters. The molecule has 0 radical (unpaired) electrons. The Morgan fingerprint density at radius 3 is 2.48 bits per heavy atom. The molecule has 1 aliphatic carbocycles. The Labute approximate surface area is 159 Å². The number of halogens is 2. The molecular weight excluding hydrogens is 361 g/mol. The van der Waals surface area contributed by atoms with E-state index in [1.165, 1.54) is 0 Å². The summed E-state index contributed by atoms with van der Waals surface area (Å²) in [5, 5.41) is 0.560. The number of amides is 2. The highest BCUT2D eigenvalue weighted by molar-refractivity contribution is 6.30. The van der Waals surface area contributed by atoms with E-state index < -0.39 is 0 Å². The van der Waals surface area contributed by atoms with Gasteiger partial charge >= 0.3 is 0 Å². The Hall–Kier alpha value is -1.30. The average Bonchev–Trinajstić information content (AvgIpc) is 2.86. The van der Waals surface area contributed by atoms with Gasteiger partial charge in [-0.3, -0.25) is 9.59 Å². The van der Waals surface area contributed by atoms with Crippen LogP contribution in [-0.4, -0.2) is 53.8 Å². The second-order valence-corrected chi connectivity index (χ2v) is 7.19. The quantitative estimate of drug-likeness (QED) is 0.850. The molecule has 7 heteroatoms. The van der Waals surface area contributed by atoms with E-state index in [0.717, 1.165) is 25.7 Å². The molecule has 5 nitrogen and oxygen atoms in total. The molecule has 138 valence electrons. The van der Waals surface area contributed by atoms with Crippen molar-refractivity contribution in [2.75, 3.05) is 26.2 Å². The maximum Gasteiger partial charge on any atom is 0.253 e. The Morgan fingerprint density at radius 2 is 1.80 bits per heavy atom. The van der Waals surface area contributed by atoms with Crippen molar-refractivity contribution >= 4 is 35.8 Å². The molecule has 1 aromatic rings.